The number of alkyl halides is 2. The van der Waals surface area contributed by atoms with Crippen molar-refractivity contribution in [2.45, 2.75) is 37.4 Å². The van der Waals surface area contributed by atoms with E-state index in [0.29, 0.717) is 22.9 Å². The molecule has 0 aliphatic heterocycles. The molecule has 4 aromatic rings. The molecule has 0 N–H and O–H groups in total. The van der Waals surface area contributed by atoms with E-state index < -0.39 is 23.9 Å². The summed E-state index contributed by atoms with van der Waals surface area (Å²) in [5.74, 6) is -3.61. The van der Waals surface area contributed by atoms with Gasteiger partial charge in [-0.25, -0.2) is 8.78 Å². The molecule has 6 rings (SSSR count). The van der Waals surface area contributed by atoms with E-state index >= 15 is 0 Å². The highest BCUT2D eigenvalue weighted by Gasteiger charge is 2.71. The average Bonchev–Trinajstić information content (AvgIpc) is 3.12. The molecule has 1 saturated carbocycles. The van der Waals surface area contributed by atoms with Crippen LogP contribution in [0.2, 0.25) is 0 Å². The van der Waals surface area contributed by atoms with Crippen LogP contribution >= 0.6 is 0 Å². The molecule has 160 valence electrons. The fourth-order valence-electron chi connectivity index (χ4n) is 4.79. The number of halogens is 2. The number of hydrogen-bond acceptors (Lipinski definition) is 4. The second-order valence-electron chi connectivity index (χ2n) is 8.45. The zero-order valence-electron chi connectivity index (χ0n) is 17.3. The Hall–Kier alpha value is -3.38. The minimum Gasteiger partial charge on any atom is -0.418 e. The van der Waals surface area contributed by atoms with Crippen LogP contribution in [0.15, 0.2) is 77.2 Å². The van der Waals surface area contributed by atoms with Crippen LogP contribution in [-0.2, 0) is 11.3 Å². The van der Waals surface area contributed by atoms with Crippen LogP contribution in [0.25, 0.3) is 11.5 Å². The molecule has 0 amide bonds. The first-order valence-corrected chi connectivity index (χ1v) is 10.6. The van der Waals surface area contributed by atoms with Crippen LogP contribution in [0.3, 0.4) is 0 Å². The maximum absolute atomic E-state index is 14.7. The predicted octanol–water partition coefficient (Wildman–Crippen LogP) is 6.18. The quantitative estimate of drug-likeness (QED) is 0.388. The molecule has 0 saturated heterocycles. The van der Waals surface area contributed by atoms with Crippen molar-refractivity contribution in [1.82, 2.24) is 10.2 Å². The summed E-state index contributed by atoms with van der Waals surface area (Å²) >= 11 is 0. The molecule has 2 aliphatic rings. The Morgan fingerprint density at radius 2 is 1.38 bits per heavy atom. The van der Waals surface area contributed by atoms with Gasteiger partial charge in [-0.15, -0.1) is 10.2 Å². The molecular weight excluding hydrogens is 410 g/mol. The second kappa shape index (κ2) is 7.07. The van der Waals surface area contributed by atoms with Crippen molar-refractivity contribution in [2.24, 2.45) is 0 Å². The Balaban J connectivity index is 1.33. The smallest absolute Gasteiger partial charge is 0.263 e. The summed E-state index contributed by atoms with van der Waals surface area (Å²) in [5.41, 5.74) is 4.81. The first kappa shape index (κ1) is 19.3. The standard InChI is InChI=1S/C26H20F2N2O2/c1-15-10-12-16(13-11-15)25-30-29-21(32-25)14-31-24-19-8-4-2-6-17(19)22-23(26(22,27)28)18-7-3-5-9-20(18)24/h2-13,22-24H,14H2,1H3. The van der Waals surface area contributed by atoms with Crippen molar-refractivity contribution in [2.75, 3.05) is 0 Å². The third kappa shape index (κ3) is 2.98. The van der Waals surface area contributed by atoms with Gasteiger partial charge in [0.2, 0.25) is 11.8 Å². The number of rotatable bonds is 4. The Kier molecular flexibility index (Phi) is 4.27. The zero-order chi connectivity index (χ0) is 21.9. The fraction of sp³-hybridized carbons (Fsp3) is 0.231. The number of ether oxygens (including phenoxy) is 1. The largest absolute Gasteiger partial charge is 0.418 e. The third-order valence-corrected chi connectivity index (χ3v) is 6.42. The lowest BCUT2D eigenvalue weighted by Crippen LogP contribution is -2.12. The minimum atomic E-state index is -2.74. The van der Waals surface area contributed by atoms with Gasteiger partial charge in [0.05, 0.1) is 11.8 Å². The summed E-state index contributed by atoms with van der Waals surface area (Å²) < 4.78 is 41.5. The summed E-state index contributed by atoms with van der Waals surface area (Å²) in [6, 6.07) is 22.5. The normalized spacial score (nSPS) is 22.4. The maximum Gasteiger partial charge on any atom is 0.263 e. The summed E-state index contributed by atoms with van der Waals surface area (Å²) in [5, 5.41) is 8.25. The Morgan fingerprint density at radius 3 is 1.97 bits per heavy atom. The van der Waals surface area contributed by atoms with E-state index in [0.717, 1.165) is 22.3 Å². The number of nitrogens with zero attached hydrogens (tertiary/aromatic N) is 2. The second-order valence-corrected chi connectivity index (χ2v) is 8.45. The number of aryl methyl sites for hydroxylation is 1. The lowest BCUT2D eigenvalue weighted by atomic mass is 9.94. The molecule has 32 heavy (non-hydrogen) atoms. The van der Waals surface area contributed by atoms with Crippen molar-refractivity contribution in [3.8, 4) is 11.5 Å². The predicted molar refractivity (Wildman–Crippen MR) is 114 cm³/mol. The summed E-state index contributed by atoms with van der Waals surface area (Å²) in [6.07, 6.45) is -0.485. The van der Waals surface area contributed by atoms with Gasteiger partial charge in [-0.2, -0.15) is 0 Å². The van der Waals surface area contributed by atoms with Gasteiger partial charge >= 0.3 is 0 Å². The zero-order valence-corrected chi connectivity index (χ0v) is 17.3. The minimum absolute atomic E-state index is 0.0813. The van der Waals surface area contributed by atoms with Crippen LogP contribution in [0.4, 0.5) is 8.78 Å². The van der Waals surface area contributed by atoms with Gasteiger partial charge in [0.1, 0.15) is 12.7 Å². The maximum atomic E-state index is 14.7. The Morgan fingerprint density at radius 1 is 0.812 bits per heavy atom. The van der Waals surface area contributed by atoms with Crippen LogP contribution in [0, 0.1) is 6.92 Å². The van der Waals surface area contributed by atoms with E-state index in [9.17, 15) is 8.78 Å². The van der Waals surface area contributed by atoms with E-state index in [4.69, 9.17) is 9.15 Å². The molecule has 3 aromatic carbocycles. The molecule has 2 atom stereocenters. The molecule has 1 aromatic heterocycles. The van der Waals surface area contributed by atoms with Crippen molar-refractivity contribution in [1.29, 1.82) is 0 Å². The molecule has 6 heteroatoms. The molecule has 0 spiro atoms. The van der Waals surface area contributed by atoms with Crippen LogP contribution < -0.4 is 0 Å². The van der Waals surface area contributed by atoms with Crippen LogP contribution in [-0.4, -0.2) is 16.1 Å². The highest BCUT2D eigenvalue weighted by Crippen LogP contribution is 2.70. The molecular formula is C26H20F2N2O2. The van der Waals surface area contributed by atoms with Gasteiger partial charge in [-0.1, -0.05) is 66.2 Å². The summed E-state index contributed by atoms with van der Waals surface area (Å²) in [7, 11) is 0. The Labute approximate surface area is 183 Å². The molecule has 2 aliphatic carbocycles. The van der Waals surface area contributed by atoms with Gasteiger partial charge in [-0.05, 0) is 41.3 Å². The third-order valence-electron chi connectivity index (χ3n) is 6.42. The highest BCUT2D eigenvalue weighted by molar-refractivity contribution is 5.56. The first-order chi connectivity index (χ1) is 15.5. The SMILES string of the molecule is Cc1ccc(-c2nnc(COC3c4ccccc4C4C(c5ccccc53)C4(F)F)o2)cc1. The first-order valence-electron chi connectivity index (χ1n) is 10.6. The van der Waals surface area contributed by atoms with Crippen molar-refractivity contribution in [3.63, 3.8) is 0 Å². The van der Waals surface area contributed by atoms with Gasteiger partial charge in [-0.3, -0.25) is 0 Å². The molecule has 0 radical (unpaired) electrons. The monoisotopic (exact) mass is 430 g/mol. The van der Waals surface area contributed by atoms with Crippen molar-refractivity contribution < 1.29 is 17.9 Å². The van der Waals surface area contributed by atoms with Crippen LogP contribution in [0.5, 0.6) is 0 Å². The average molecular weight is 430 g/mol. The molecule has 0 bridgehead atoms. The van der Waals surface area contributed by atoms with E-state index in [-0.39, 0.29) is 6.61 Å². The topological polar surface area (TPSA) is 48.2 Å². The van der Waals surface area contributed by atoms with E-state index in [1.807, 2.05) is 67.6 Å². The Bertz CT molecular complexity index is 1240. The molecule has 2 unspecified atom stereocenters. The van der Waals surface area contributed by atoms with E-state index in [1.54, 1.807) is 12.1 Å². The van der Waals surface area contributed by atoms with E-state index in [1.165, 1.54) is 0 Å². The molecule has 1 heterocycles. The van der Waals surface area contributed by atoms with Gasteiger partial charge in [0, 0.05) is 5.56 Å². The van der Waals surface area contributed by atoms with Gasteiger partial charge < -0.3 is 9.15 Å². The number of benzene rings is 3. The molecule has 4 nitrogen and oxygen atoms in total. The van der Waals surface area contributed by atoms with Crippen LogP contribution in [0.1, 0.15) is 51.6 Å². The lowest BCUT2D eigenvalue weighted by molar-refractivity contribution is 0.0498. The van der Waals surface area contributed by atoms with E-state index in [2.05, 4.69) is 10.2 Å². The summed E-state index contributed by atoms with van der Waals surface area (Å²) in [6.45, 7) is 2.09. The number of fused-ring (bicyclic) bond motifs is 5. The number of hydrogen-bond donors (Lipinski definition) is 0. The van der Waals surface area contributed by atoms with Gasteiger partial charge in [0.15, 0.2) is 0 Å². The van der Waals surface area contributed by atoms with Crippen molar-refractivity contribution >= 4 is 0 Å². The van der Waals surface area contributed by atoms with Gasteiger partial charge in [0.25, 0.3) is 5.92 Å². The number of aromatic nitrogens is 2. The lowest BCUT2D eigenvalue weighted by Gasteiger charge is -2.22. The fourth-order valence-corrected chi connectivity index (χ4v) is 4.79. The highest BCUT2D eigenvalue weighted by atomic mass is 19.3. The van der Waals surface area contributed by atoms with Crippen molar-refractivity contribution in [3.05, 3.63) is 107 Å². The molecule has 1 fully saturated rings. The summed E-state index contributed by atoms with van der Waals surface area (Å²) in [4.78, 5) is 0.